The van der Waals surface area contributed by atoms with E-state index in [1.54, 1.807) is 50.1 Å². The molecular formula is C32H39N5O7. The minimum atomic E-state index is -1.19. The van der Waals surface area contributed by atoms with E-state index in [4.69, 9.17) is 10.6 Å². The van der Waals surface area contributed by atoms with Crippen molar-refractivity contribution in [3.05, 3.63) is 76.6 Å². The molecule has 0 saturated carbocycles. The van der Waals surface area contributed by atoms with Crippen LogP contribution in [0.1, 0.15) is 57.4 Å². The average Bonchev–Trinajstić information content (AvgIpc) is 3.01. The van der Waals surface area contributed by atoms with Gasteiger partial charge in [0.25, 0.3) is 0 Å². The standard InChI is InChI=1S/C32H39N5O7/c1-20-27(30(39)40)19-28(31(41)42)21(2)36(20)25-11-9-24(10-12-25)34-32(43)37(33)29(38)8-5-15-35-16-13-22(14-17-35)23-6-4-7-26(18-23)44-3/h4,6-7,9-12,18,22H,5,8,13-17,19,33H2,1-3H3,(H,34,43)(H,39,40)(H,41,42). The highest BCUT2D eigenvalue weighted by atomic mass is 16.5. The number of carboxylic acid groups (broad SMARTS) is 2. The number of aliphatic carboxylic acids is 2. The Morgan fingerprint density at radius 2 is 1.59 bits per heavy atom. The number of carboxylic acids is 2. The number of allylic oxidation sites excluding steroid dienone is 2. The van der Waals surface area contributed by atoms with E-state index in [1.165, 1.54) is 5.56 Å². The van der Waals surface area contributed by atoms with Crippen molar-refractivity contribution in [3.8, 4) is 5.75 Å². The number of piperidine rings is 1. The van der Waals surface area contributed by atoms with E-state index in [-0.39, 0.29) is 24.0 Å². The summed E-state index contributed by atoms with van der Waals surface area (Å²) in [6.45, 7) is 5.82. The Bertz CT molecular complexity index is 1440. The number of methoxy groups -OCH3 is 1. The summed E-state index contributed by atoms with van der Waals surface area (Å²) in [5.41, 5.74) is 2.93. The molecular weight excluding hydrogens is 566 g/mol. The third kappa shape index (κ3) is 7.44. The van der Waals surface area contributed by atoms with Crippen LogP contribution in [0.5, 0.6) is 5.75 Å². The van der Waals surface area contributed by atoms with Crippen LogP contribution >= 0.6 is 0 Å². The molecule has 4 rings (SSSR count). The Morgan fingerprint density at radius 3 is 2.16 bits per heavy atom. The highest BCUT2D eigenvalue weighted by Gasteiger charge is 2.30. The highest BCUT2D eigenvalue weighted by molar-refractivity contribution is 6.01. The topological polar surface area (TPSA) is 166 Å². The molecule has 1 fully saturated rings. The fourth-order valence-corrected chi connectivity index (χ4v) is 5.75. The number of benzene rings is 2. The molecule has 0 unspecified atom stereocenters. The van der Waals surface area contributed by atoms with E-state index in [1.807, 2.05) is 12.1 Å². The number of hydrogen-bond acceptors (Lipinski definition) is 8. The molecule has 234 valence electrons. The molecule has 2 heterocycles. The van der Waals surface area contributed by atoms with E-state index in [0.717, 1.165) is 38.2 Å². The van der Waals surface area contributed by atoms with E-state index < -0.39 is 23.9 Å². The summed E-state index contributed by atoms with van der Waals surface area (Å²) < 4.78 is 5.34. The first-order valence-corrected chi connectivity index (χ1v) is 14.5. The number of likely N-dealkylation sites (tertiary alicyclic amines) is 1. The lowest BCUT2D eigenvalue weighted by Gasteiger charge is -2.33. The number of nitrogens with one attached hydrogen (secondary N) is 1. The van der Waals surface area contributed by atoms with Crippen LogP contribution < -0.4 is 20.8 Å². The number of rotatable bonds is 10. The maximum absolute atomic E-state index is 12.7. The second-order valence-electron chi connectivity index (χ2n) is 11.0. The van der Waals surface area contributed by atoms with Gasteiger partial charge in [0.2, 0.25) is 5.91 Å². The van der Waals surface area contributed by atoms with Crippen molar-refractivity contribution in [1.82, 2.24) is 9.91 Å². The van der Waals surface area contributed by atoms with Gasteiger partial charge >= 0.3 is 18.0 Å². The van der Waals surface area contributed by atoms with Crippen molar-refractivity contribution in [1.29, 1.82) is 0 Å². The SMILES string of the molecule is COc1cccc(C2CCN(CCCC(=O)N(N)C(=O)Nc3ccc(N4C(C)=C(C(=O)O)CC(C(=O)O)=C4C)cc3)CC2)c1. The molecule has 1 saturated heterocycles. The van der Waals surface area contributed by atoms with Crippen molar-refractivity contribution >= 4 is 35.3 Å². The predicted octanol–water partition coefficient (Wildman–Crippen LogP) is 4.52. The Balaban J connectivity index is 1.27. The summed E-state index contributed by atoms with van der Waals surface area (Å²) in [7, 11) is 1.67. The molecule has 0 radical (unpaired) electrons. The van der Waals surface area contributed by atoms with Crippen LogP contribution in [0.4, 0.5) is 16.2 Å². The number of nitrogens with zero attached hydrogens (tertiary/aromatic N) is 3. The lowest BCUT2D eigenvalue weighted by atomic mass is 9.89. The van der Waals surface area contributed by atoms with Crippen LogP contribution in [0.3, 0.4) is 0 Å². The number of imide groups is 1. The fraction of sp³-hybridized carbons (Fsp3) is 0.375. The lowest BCUT2D eigenvalue weighted by Crippen LogP contribution is -2.45. The molecule has 0 aromatic heterocycles. The number of nitrogens with two attached hydrogens (primary N) is 1. The molecule has 0 atom stereocenters. The number of hydrogen-bond donors (Lipinski definition) is 4. The number of anilines is 2. The quantitative estimate of drug-likeness (QED) is 0.172. The smallest absolute Gasteiger partial charge is 0.343 e. The predicted molar refractivity (Wildman–Crippen MR) is 165 cm³/mol. The fourth-order valence-electron chi connectivity index (χ4n) is 5.75. The molecule has 44 heavy (non-hydrogen) atoms. The minimum absolute atomic E-state index is 0.0135. The second-order valence-corrected chi connectivity index (χ2v) is 11.0. The summed E-state index contributed by atoms with van der Waals surface area (Å²) in [6.07, 6.45) is 2.57. The highest BCUT2D eigenvalue weighted by Crippen LogP contribution is 2.35. The van der Waals surface area contributed by atoms with E-state index >= 15 is 0 Å². The Kier molecular flexibility index (Phi) is 10.4. The number of urea groups is 1. The van der Waals surface area contributed by atoms with Crippen molar-refractivity contribution in [2.75, 3.05) is 37.0 Å². The summed E-state index contributed by atoms with van der Waals surface area (Å²) >= 11 is 0. The molecule has 5 N–H and O–H groups in total. The van der Waals surface area contributed by atoms with Crippen molar-refractivity contribution < 1.29 is 34.1 Å². The molecule has 0 spiro atoms. The largest absolute Gasteiger partial charge is 0.497 e. The van der Waals surface area contributed by atoms with Crippen LogP contribution in [0.15, 0.2) is 71.1 Å². The third-order valence-electron chi connectivity index (χ3n) is 8.30. The molecule has 2 aromatic rings. The number of ether oxygens (including phenoxy) is 1. The lowest BCUT2D eigenvalue weighted by molar-refractivity contribution is -0.133. The maximum Gasteiger partial charge on any atom is 0.343 e. The Labute approximate surface area is 256 Å². The monoisotopic (exact) mass is 605 g/mol. The second kappa shape index (κ2) is 14.2. The van der Waals surface area contributed by atoms with Crippen LogP contribution in [0.2, 0.25) is 0 Å². The van der Waals surface area contributed by atoms with Gasteiger partial charge in [-0.1, -0.05) is 12.1 Å². The van der Waals surface area contributed by atoms with Gasteiger partial charge in [-0.3, -0.25) is 4.79 Å². The summed E-state index contributed by atoms with van der Waals surface area (Å²) in [5, 5.41) is 22.3. The van der Waals surface area contributed by atoms with Gasteiger partial charge in [-0.05, 0) is 101 Å². The zero-order valence-corrected chi connectivity index (χ0v) is 25.2. The minimum Gasteiger partial charge on any atom is -0.497 e. The van der Waals surface area contributed by atoms with Gasteiger partial charge < -0.3 is 30.1 Å². The van der Waals surface area contributed by atoms with Crippen LogP contribution in [0.25, 0.3) is 0 Å². The molecule has 2 aliphatic heterocycles. The zero-order valence-electron chi connectivity index (χ0n) is 25.2. The van der Waals surface area contributed by atoms with Gasteiger partial charge in [-0.2, -0.15) is 5.01 Å². The molecule has 12 heteroatoms. The van der Waals surface area contributed by atoms with Gasteiger partial charge in [0.1, 0.15) is 5.75 Å². The molecule has 12 nitrogen and oxygen atoms in total. The molecule has 0 aliphatic carbocycles. The van der Waals surface area contributed by atoms with E-state index in [2.05, 4.69) is 22.3 Å². The normalized spacial score (nSPS) is 16.1. The van der Waals surface area contributed by atoms with Gasteiger partial charge in [-0.25, -0.2) is 20.2 Å². The van der Waals surface area contributed by atoms with Crippen LogP contribution in [0, 0.1) is 0 Å². The molecule has 0 bridgehead atoms. The van der Waals surface area contributed by atoms with Gasteiger partial charge in [0.05, 0.1) is 18.3 Å². The van der Waals surface area contributed by atoms with Gasteiger partial charge in [0, 0.05) is 35.6 Å². The number of carbonyl (C=O) groups is 4. The summed E-state index contributed by atoms with van der Waals surface area (Å²) in [5.74, 6) is 4.28. The van der Waals surface area contributed by atoms with Crippen molar-refractivity contribution in [2.24, 2.45) is 5.84 Å². The Morgan fingerprint density at radius 1 is 0.977 bits per heavy atom. The Hall–Kier alpha value is -4.68. The van der Waals surface area contributed by atoms with Crippen LogP contribution in [-0.2, 0) is 14.4 Å². The average molecular weight is 606 g/mol. The molecule has 3 amide bonds. The first-order chi connectivity index (χ1) is 21.0. The maximum atomic E-state index is 12.7. The summed E-state index contributed by atoms with van der Waals surface area (Å²) in [6, 6.07) is 13.8. The summed E-state index contributed by atoms with van der Waals surface area (Å²) in [4.78, 5) is 52.6. The molecule has 2 aromatic carbocycles. The molecule has 2 aliphatic rings. The zero-order chi connectivity index (χ0) is 32.0. The third-order valence-corrected chi connectivity index (χ3v) is 8.30. The van der Waals surface area contributed by atoms with E-state index in [0.29, 0.717) is 40.1 Å². The number of amides is 3. The van der Waals surface area contributed by atoms with Gasteiger partial charge in [0.15, 0.2) is 0 Å². The van der Waals surface area contributed by atoms with Crippen LogP contribution in [-0.4, -0.2) is 70.7 Å². The number of hydrazine groups is 1. The first-order valence-electron chi connectivity index (χ1n) is 14.5. The van der Waals surface area contributed by atoms with E-state index in [9.17, 15) is 29.4 Å². The number of carbonyl (C=O) groups excluding carboxylic acids is 2. The first kappa shape index (κ1) is 32.2. The van der Waals surface area contributed by atoms with Crippen molar-refractivity contribution in [2.45, 2.75) is 51.9 Å². The van der Waals surface area contributed by atoms with Crippen molar-refractivity contribution in [3.63, 3.8) is 0 Å². The van der Waals surface area contributed by atoms with Gasteiger partial charge in [-0.15, -0.1) is 0 Å².